The third kappa shape index (κ3) is 4.50. The second-order valence-corrected chi connectivity index (χ2v) is 9.10. The van der Waals surface area contributed by atoms with Crippen LogP contribution in [-0.2, 0) is 4.74 Å². The predicted octanol–water partition coefficient (Wildman–Crippen LogP) is 2.00. The van der Waals surface area contributed by atoms with E-state index >= 15 is 0 Å². The highest BCUT2D eigenvalue weighted by molar-refractivity contribution is 6.03. The molecule has 1 aromatic heterocycles. The number of hydrogen-bond donors (Lipinski definition) is 3. The van der Waals surface area contributed by atoms with E-state index in [1.807, 2.05) is 24.3 Å². The first-order valence-electron chi connectivity index (χ1n) is 12.0. The Labute approximate surface area is 217 Å². The Morgan fingerprint density at radius 2 is 1.92 bits per heavy atom. The van der Waals surface area contributed by atoms with Crippen molar-refractivity contribution in [3.63, 3.8) is 0 Å². The number of halogens is 1. The number of methoxy groups -OCH3 is 1. The zero-order valence-electron chi connectivity index (χ0n) is 20.7. The number of carbonyl (C=O) groups is 1. The van der Waals surface area contributed by atoms with E-state index in [4.69, 9.17) is 9.47 Å². The molecule has 4 aromatic rings. The Balaban J connectivity index is 1.47. The molecule has 5 unspecified atom stereocenters. The average Bonchev–Trinajstić information content (AvgIpc) is 3.41. The number of ether oxygens (including phenoxy) is 2. The SMILES string of the molecule is COc1c(C(=O)N(C)C2OC(CO)C(O)C(n3cc(-c4cccc(F)c4)nn3)C2O)ccc2ccccc12. The van der Waals surface area contributed by atoms with Crippen LogP contribution in [-0.4, -0.2) is 86.4 Å². The Morgan fingerprint density at radius 3 is 2.66 bits per heavy atom. The molecule has 0 bridgehead atoms. The molecular formula is C27H27FN4O6. The van der Waals surface area contributed by atoms with Crippen LogP contribution >= 0.6 is 0 Å². The lowest BCUT2D eigenvalue weighted by Gasteiger charge is -2.45. The van der Waals surface area contributed by atoms with Crippen LogP contribution in [0.5, 0.6) is 5.75 Å². The Kier molecular flexibility index (Phi) is 7.09. The van der Waals surface area contributed by atoms with Crippen LogP contribution in [0, 0.1) is 5.82 Å². The largest absolute Gasteiger partial charge is 0.495 e. The lowest BCUT2D eigenvalue weighted by Crippen LogP contribution is -2.61. The van der Waals surface area contributed by atoms with E-state index in [2.05, 4.69) is 10.3 Å². The number of benzene rings is 3. The summed E-state index contributed by atoms with van der Waals surface area (Å²) in [5, 5.41) is 41.9. The van der Waals surface area contributed by atoms with Crippen molar-refractivity contribution in [1.82, 2.24) is 19.9 Å². The molecule has 0 radical (unpaired) electrons. The second-order valence-electron chi connectivity index (χ2n) is 9.10. The van der Waals surface area contributed by atoms with Crippen molar-refractivity contribution in [2.45, 2.75) is 30.6 Å². The number of carbonyl (C=O) groups excluding carboxylic acids is 1. The summed E-state index contributed by atoms with van der Waals surface area (Å²) in [6.45, 7) is -0.576. The smallest absolute Gasteiger partial charge is 0.259 e. The number of rotatable bonds is 6. The highest BCUT2D eigenvalue weighted by atomic mass is 19.1. The van der Waals surface area contributed by atoms with Gasteiger partial charge in [0, 0.05) is 18.0 Å². The molecule has 1 aliphatic rings. The van der Waals surface area contributed by atoms with Gasteiger partial charge in [0.15, 0.2) is 6.23 Å². The number of hydrogen-bond acceptors (Lipinski definition) is 8. The molecule has 3 N–H and O–H groups in total. The first kappa shape index (κ1) is 25.7. The van der Waals surface area contributed by atoms with Gasteiger partial charge in [0.05, 0.1) is 25.5 Å². The van der Waals surface area contributed by atoms with E-state index in [1.165, 1.54) is 48.1 Å². The summed E-state index contributed by atoms with van der Waals surface area (Å²) < 4.78 is 26.3. The molecule has 1 aliphatic heterocycles. The molecule has 1 amide bonds. The van der Waals surface area contributed by atoms with Gasteiger partial charge in [-0.25, -0.2) is 9.07 Å². The summed E-state index contributed by atoms with van der Waals surface area (Å²) in [5.41, 5.74) is 1.03. The molecule has 38 heavy (non-hydrogen) atoms. The minimum Gasteiger partial charge on any atom is -0.495 e. The van der Waals surface area contributed by atoms with Gasteiger partial charge in [0.25, 0.3) is 5.91 Å². The number of aliphatic hydroxyl groups excluding tert-OH is 3. The van der Waals surface area contributed by atoms with Crippen molar-refractivity contribution < 1.29 is 34.0 Å². The maximum atomic E-state index is 13.7. The highest BCUT2D eigenvalue weighted by Gasteiger charge is 2.48. The van der Waals surface area contributed by atoms with Crippen LogP contribution in [0.25, 0.3) is 22.0 Å². The van der Waals surface area contributed by atoms with Crippen molar-refractivity contribution in [1.29, 1.82) is 0 Å². The number of likely N-dealkylation sites (N-methyl/N-ethyl adjacent to an activating group) is 1. The number of aromatic nitrogens is 3. The maximum Gasteiger partial charge on any atom is 0.259 e. The van der Waals surface area contributed by atoms with E-state index in [0.717, 1.165) is 10.8 Å². The van der Waals surface area contributed by atoms with Gasteiger partial charge < -0.3 is 29.7 Å². The summed E-state index contributed by atoms with van der Waals surface area (Å²) >= 11 is 0. The Hall–Kier alpha value is -3.90. The van der Waals surface area contributed by atoms with Gasteiger partial charge >= 0.3 is 0 Å². The molecular weight excluding hydrogens is 495 g/mol. The minimum atomic E-state index is -1.46. The molecule has 0 saturated carbocycles. The third-order valence-electron chi connectivity index (χ3n) is 6.82. The van der Waals surface area contributed by atoms with E-state index in [-0.39, 0.29) is 5.56 Å². The summed E-state index contributed by atoms with van der Waals surface area (Å²) in [6.07, 6.45) is -3.78. The molecule has 5 atom stereocenters. The van der Waals surface area contributed by atoms with Crippen molar-refractivity contribution in [3.05, 3.63) is 78.2 Å². The molecule has 3 aromatic carbocycles. The number of aliphatic hydroxyl groups is 3. The van der Waals surface area contributed by atoms with Crippen molar-refractivity contribution in [2.75, 3.05) is 20.8 Å². The zero-order chi connectivity index (χ0) is 27.0. The number of nitrogens with zero attached hydrogens (tertiary/aromatic N) is 4. The lowest BCUT2D eigenvalue weighted by atomic mass is 9.94. The van der Waals surface area contributed by atoms with Crippen molar-refractivity contribution in [3.8, 4) is 17.0 Å². The molecule has 11 heteroatoms. The first-order valence-corrected chi connectivity index (χ1v) is 12.0. The first-order chi connectivity index (χ1) is 18.3. The van der Waals surface area contributed by atoms with E-state index in [0.29, 0.717) is 17.0 Å². The molecule has 1 fully saturated rings. The van der Waals surface area contributed by atoms with Gasteiger partial charge in [0.2, 0.25) is 0 Å². The van der Waals surface area contributed by atoms with E-state index < -0.39 is 48.9 Å². The third-order valence-corrected chi connectivity index (χ3v) is 6.82. The van der Waals surface area contributed by atoms with Gasteiger partial charge in [-0.3, -0.25) is 4.79 Å². The molecule has 2 heterocycles. The number of fused-ring (bicyclic) bond motifs is 1. The van der Waals surface area contributed by atoms with E-state index in [1.54, 1.807) is 18.2 Å². The van der Waals surface area contributed by atoms with Crippen LogP contribution in [0.3, 0.4) is 0 Å². The van der Waals surface area contributed by atoms with Crippen LogP contribution in [0.4, 0.5) is 4.39 Å². The second kappa shape index (κ2) is 10.5. The quantitative estimate of drug-likeness (QED) is 0.351. The zero-order valence-corrected chi connectivity index (χ0v) is 20.7. The van der Waals surface area contributed by atoms with Crippen LogP contribution in [0.1, 0.15) is 16.4 Å². The molecule has 198 valence electrons. The Bertz CT molecular complexity index is 1460. The van der Waals surface area contributed by atoms with Gasteiger partial charge in [0.1, 0.15) is 41.6 Å². The highest BCUT2D eigenvalue weighted by Crippen LogP contribution is 2.35. The predicted molar refractivity (Wildman–Crippen MR) is 135 cm³/mol. The molecule has 0 spiro atoms. The summed E-state index contributed by atoms with van der Waals surface area (Å²) in [5.74, 6) is -0.577. The fraction of sp³-hybridized carbons (Fsp3) is 0.296. The fourth-order valence-corrected chi connectivity index (χ4v) is 4.85. The van der Waals surface area contributed by atoms with Gasteiger partial charge in [-0.05, 0) is 23.6 Å². The standard InChI is InChI=1S/C27H27FN4O6/c1-31(26(36)19-11-10-15-6-3-4-9-18(15)25(19)37-2)27-24(35)22(23(34)21(14-33)38-27)32-13-20(29-30-32)16-7-5-8-17(28)12-16/h3-13,21-24,27,33-35H,14H2,1-2H3. The summed E-state index contributed by atoms with van der Waals surface area (Å²) in [6, 6.07) is 15.5. The van der Waals surface area contributed by atoms with E-state index in [9.17, 15) is 24.5 Å². The van der Waals surface area contributed by atoms with Crippen molar-refractivity contribution >= 4 is 16.7 Å². The lowest BCUT2D eigenvalue weighted by molar-refractivity contribution is -0.235. The normalized spacial score (nSPS) is 23.4. The minimum absolute atomic E-state index is 0.252. The fourth-order valence-electron chi connectivity index (χ4n) is 4.85. The average molecular weight is 523 g/mol. The monoisotopic (exact) mass is 522 g/mol. The topological polar surface area (TPSA) is 130 Å². The summed E-state index contributed by atoms with van der Waals surface area (Å²) in [7, 11) is 2.92. The van der Waals surface area contributed by atoms with Gasteiger partial charge in [-0.1, -0.05) is 47.7 Å². The van der Waals surface area contributed by atoms with Crippen molar-refractivity contribution in [2.24, 2.45) is 0 Å². The molecule has 5 rings (SSSR count). The van der Waals surface area contributed by atoms with Gasteiger partial charge in [-0.2, -0.15) is 0 Å². The summed E-state index contributed by atoms with van der Waals surface area (Å²) in [4.78, 5) is 14.8. The maximum absolute atomic E-state index is 13.7. The molecule has 10 nitrogen and oxygen atoms in total. The number of amides is 1. The molecule has 1 saturated heterocycles. The van der Waals surface area contributed by atoms with Crippen LogP contribution in [0.15, 0.2) is 66.9 Å². The van der Waals surface area contributed by atoms with Crippen LogP contribution in [0.2, 0.25) is 0 Å². The van der Waals surface area contributed by atoms with Crippen LogP contribution < -0.4 is 4.74 Å². The Morgan fingerprint density at radius 1 is 1.13 bits per heavy atom. The molecule has 0 aliphatic carbocycles. The van der Waals surface area contributed by atoms with Gasteiger partial charge in [-0.15, -0.1) is 5.10 Å².